The van der Waals surface area contributed by atoms with E-state index in [1.54, 1.807) is 13.1 Å². The maximum absolute atomic E-state index is 5.73. The third-order valence-electron chi connectivity index (χ3n) is 1.13. The highest BCUT2D eigenvalue weighted by Crippen LogP contribution is 2.19. The van der Waals surface area contributed by atoms with Crippen molar-refractivity contribution in [2.75, 3.05) is 6.61 Å². The molecule has 0 aliphatic carbocycles. The van der Waals surface area contributed by atoms with Gasteiger partial charge in [-0.05, 0) is 13.8 Å². The summed E-state index contributed by atoms with van der Waals surface area (Å²) in [5, 5.41) is 0.374. The molecule has 0 aliphatic heterocycles. The van der Waals surface area contributed by atoms with E-state index in [0.717, 1.165) is 0 Å². The van der Waals surface area contributed by atoms with Gasteiger partial charge in [0.1, 0.15) is 5.82 Å². The molecule has 60 valence electrons. The second-order valence-corrected chi connectivity index (χ2v) is 2.36. The van der Waals surface area contributed by atoms with E-state index in [1.165, 1.54) is 0 Å². The molecule has 1 rings (SSSR count). The van der Waals surface area contributed by atoms with Crippen LogP contribution in [0, 0.1) is 6.92 Å². The van der Waals surface area contributed by atoms with E-state index in [-0.39, 0.29) is 0 Å². The zero-order valence-electron chi connectivity index (χ0n) is 6.47. The molecule has 0 radical (unpaired) electrons. The fourth-order valence-corrected chi connectivity index (χ4v) is 0.909. The SMILES string of the molecule is CCOc1cnc(C)nc1Cl. The van der Waals surface area contributed by atoms with Crippen LogP contribution in [-0.2, 0) is 0 Å². The maximum Gasteiger partial charge on any atom is 0.174 e. The molecule has 4 heteroatoms. The first-order chi connectivity index (χ1) is 5.24. The molecule has 1 heterocycles. The summed E-state index contributed by atoms with van der Waals surface area (Å²) in [5.74, 6) is 1.19. The van der Waals surface area contributed by atoms with E-state index < -0.39 is 0 Å². The minimum absolute atomic E-state index is 0.374. The molecule has 11 heavy (non-hydrogen) atoms. The van der Waals surface area contributed by atoms with Gasteiger partial charge in [-0.2, -0.15) is 0 Å². The Morgan fingerprint density at radius 2 is 2.36 bits per heavy atom. The summed E-state index contributed by atoms with van der Waals surface area (Å²) in [6, 6.07) is 0. The van der Waals surface area contributed by atoms with E-state index in [0.29, 0.717) is 23.3 Å². The van der Waals surface area contributed by atoms with Gasteiger partial charge in [0.25, 0.3) is 0 Å². The van der Waals surface area contributed by atoms with E-state index in [2.05, 4.69) is 9.97 Å². The van der Waals surface area contributed by atoms with Gasteiger partial charge in [-0.15, -0.1) is 0 Å². The van der Waals surface area contributed by atoms with Crippen LogP contribution < -0.4 is 4.74 Å². The highest BCUT2D eigenvalue weighted by Gasteiger charge is 2.01. The lowest BCUT2D eigenvalue weighted by Gasteiger charge is -2.03. The normalized spacial score (nSPS) is 9.73. The van der Waals surface area contributed by atoms with Gasteiger partial charge in [-0.3, -0.25) is 0 Å². The third-order valence-corrected chi connectivity index (χ3v) is 1.40. The van der Waals surface area contributed by atoms with Gasteiger partial charge in [0, 0.05) is 0 Å². The summed E-state index contributed by atoms with van der Waals surface area (Å²) >= 11 is 5.73. The minimum atomic E-state index is 0.374. The predicted molar refractivity (Wildman–Crippen MR) is 42.9 cm³/mol. The molecule has 1 aromatic rings. The van der Waals surface area contributed by atoms with Crippen LogP contribution in [0.25, 0.3) is 0 Å². The molecule has 0 fully saturated rings. The van der Waals surface area contributed by atoms with Crippen LogP contribution in [0.2, 0.25) is 5.15 Å². The van der Waals surface area contributed by atoms with Gasteiger partial charge in [-0.1, -0.05) is 11.6 Å². The van der Waals surface area contributed by atoms with Gasteiger partial charge in [0.05, 0.1) is 12.8 Å². The average Bonchev–Trinajstić information content (AvgIpc) is 1.95. The Morgan fingerprint density at radius 3 is 2.91 bits per heavy atom. The summed E-state index contributed by atoms with van der Waals surface area (Å²) in [6.07, 6.45) is 1.58. The molecular formula is C7H9ClN2O. The van der Waals surface area contributed by atoms with Crippen molar-refractivity contribution in [3.63, 3.8) is 0 Å². The predicted octanol–water partition coefficient (Wildman–Crippen LogP) is 1.84. The first kappa shape index (κ1) is 8.27. The Labute approximate surface area is 70.4 Å². The summed E-state index contributed by atoms with van der Waals surface area (Å²) in [5.41, 5.74) is 0. The first-order valence-corrected chi connectivity index (χ1v) is 3.73. The van der Waals surface area contributed by atoms with Crippen LogP contribution in [-0.4, -0.2) is 16.6 Å². The molecule has 0 N–H and O–H groups in total. The Kier molecular flexibility index (Phi) is 2.65. The minimum Gasteiger partial charge on any atom is -0.489 e. The molecule has 0 saturated heterocycles. The monoisotopic (exact) mass is 172 g/mol. The molecule has 3 nitrogen and oxygen atoms in total. The smallest absolute Gasteiger partial charge is 0.174 e. The van der Waals surface area contributed by atoms with Crippen molar-refractivity contribution in [3.8, 4) is 5.75 Å². The molecule has 0 atom stereocenters. The number of ether oxygens (including phenoxy) is 1. The topological polar surface area (TPSA) is 35.0 Å². The quantitative estimate of drug-likeness (QED) is 0.639. The number of nitrogens with zero attached hydrogens (tertiary/aromatic N) is 2. The Balaban J connectivity index is 2.90. The number of aryl methyl sites for hydroxylation is 1. The number of hydrogen-bond acceptors (Lipinski definition) is 3. The summed E-state index contributed by atoms with van der Waals surface area (Å²) < 4.78 is 5.13. The molecule has 0 unspecified atom stereocenters. The van der Waals surface area contributed by atoms with Crippen LogP contribution in [0.5, 0.6) is 5.75 Å². The highest BCUT2D eigenvalue weighted by atomic mass is 35.5. The summed E-state index contributed by atoms with van der Waals surface area (Å²) in [4.78, 5) is 7.86. The third kappa shape index (κ3) is 2.05. The van der Waals surface area contributed by atoms with Crippen molar-refractivity contribution in [2.45, 2.75) is 13.8 Å². The number of halogens is 1. The second kappa shape index (κ2) is 3.53. The number of rotatable bonds is 2. The van der Waals surface area contributed by atoms with Crippen molar-refractivity contribution in [3.05, 3.63) is 17.2 Å². The standard InChI is InChI=1S/C7H9ClN2O/c1-3-11-6-4-9-5(2)10-7(6)8/h4H,3H2,1-2H3. The lowest BCUT2D eigenvalue weighted by Crippen LogP contribution is -1.96. The Bertz CT molecular complexity index is 252. The average molecular weight is 173 g/mol. The number of aromatic nitrogens is 2. The lowest BCUT2D eigenvalue weighted by atomic mass is 10.5. The van der Waals surface area contributed by atoms with E-state index >= 15 is 0 Å². The fraction of sp³-hybridized carbons (Fsp3) is 0.429. The fourth-order valence-electron chi connectivity index (χ4n) is 0.684. The number of hydrogen-bond donors (Lipinski definition) is 0. The zero-order chi connectivity index (χ0) is 8.27. The zero-order valence-corrected chi connectivity index (χ0v) is 7.22. The van der Waals surface area contributed by atoms with Crippen molar-refractivity contribution in [1.29, 1.82) is 0 Å². The van der Waals surface area contributed by atoms with E-state index in [1.807, 2.05) is 6.92 Å². The lowest BCUT2D eigenvalue weighted by molar-refractivity contribution is 0.337. The van der Waals surface area contributed by atoms with E-state index in [9.17, 15) is 0 Å². The van der Waals surface area contributed by atoms with Gasteiger partial charge >= 0.3 is 0 Å². The molecule has 0 amide bonds. The molecule has 0 saturated carbocycles. The van der Waals surface area contributed by atoms with Crippen LogP contribution in [0.3, 0.4) is 0 Å². The largest absolute Gasteiger partial charge is 0.489 e. The highest BCUT2D eigenvalue weighted by molar-refractivity contribution is 6.30. The van der Waals surface area contributed by atoms with Crippen molar-refractivity contribution in [1.82, 2.24) is 9.97 Å². The van der Waals surface area contributed by atoms with Crippen LogP contribution >= 0.6 is 11.6 Å². The summed E-state index contributed by atoms with van der Waals surface area (Å²) in [7, 11) is 0. The second-order valence-electron chi connectivity index (χ2n) is 2.01. The van der Waals surface area contributed by atoms with Crippen molar-refractivity contribution >= 4 is 11.6 Å². The van der Waals surface area contributed by atoms with Crippen LogP contribution in [0.4, 0.5) is 0 Å². The molecule has 0 aromatic carbocycles. The van der Waals surface area contributed by atoms with Crippen molar-refractivity contribution < 1.29 is 4.74 Å². The molecule has 0 aliphatic rings. The molecule has 0 spiro atoms. The van der Waals surface area contributed by atoms with Gasteiger partial charge in [0.2, 0.25) is 0 Å². The van der Waals surface area contributed by atoms with Gasteiger partial charge < -0.3 is 4.74 Å². The van der Waals surface area contributed by atoms with Gasteiger partial charge in [0.15, 0.2) is 10.9 Å². The van der Waals surface area contributed by atoms with Crippen molar-refractivity contribution in [2.24, 2.45) is 0 Å². The first-order valence-electron chi connectivity index (χ1n) is 3.36. The molecule has 1 aromatic heterocycles. The van der Waals surface area contributed by atoms with Gasteiger partial charge in [-0.25, -0.2) is 9.97 Å². The van der Waals surface area contributed by atoms with E-state index in [4.69, 9.17) is 16.3 Å². The molecular weight excluding hydrogens is 164 g/mol. The Hall–Kier alpha value is -0.830. The summed E-state index contributed by atoms with van der Waals surface area (Å²) in [6.45, 7) is 4.24. The molecule has 0 bridgehead atoms. The maximum atomic E-state index is 5.73. The van der Waals surface area contributed by atoms with Crippen LogP contribution in [0.15, 0.2) is 6.20 Å². The Morgan fingerprint density at radius 1 is 1.64 bits per heavy atom. The van der Waals surface area contributed by atoms with Crippen LogP contribution in [0.1, 0.15) is 12.7 Å².